The van der Waals surface area contributed by atoms with Gasteiger partial charge in [-0.25, -0.2) is 9.50 Å². The Morgan fingerprint density at radius 2 is 1.55 bits per heavy atom. The van der Waals surface area contributed by atoms with Gasteiger partial charge in [0.25, 0.3) is 0 Å². The van der Waals surface area contributed by atoms with Gasteiger partial charge in [0.1, 0.15) is 5.52 Å². The van der Waals surface area contributed by atoms with Crippen LogP contribution in [-0.2, 0) is 0 Å². The lowest BCUT2D eigenvalue weighted by molar-refractivity contribution is 0.647. The maximum atomic E-state index is 6.15. The van der Waals surface area contributed by atoms with Gasteiger partial charge in [-0.3, -0.25) is 0 Å². The van der Waals surface area contributed by atoms with Gasteiger partial charge in [-0.15, -0.1) is 0 Å². The van der Waals surface area contributed by atoms with E-state index in [1.165, 1.54) is 5.69 Å². The fourth-order valence-corrected chi connectivity index (χ4v) is 4.09. The molecular weight excluding hydrogens is 405 g/mol. The standard InChI is InChI=1S/C22H19Cl2N5/c23-17-4-6-19(7-5-17)27-10-12-28(13-11-27)22-21-15-20(26-29(21)9-8-25-22)16-2-1-3-18(24)14-16/h1-9,14-15H,10-13H2. The summed E-state index contributed by atoms with van der Waals surface area (Å²) in [5.74, 6) is 0.962. The van der Waals surface area contributed by atoms with Gasteiger partial charge in [-0.2, -0.15) is 5.10 Å². The van der Waals surface area contributed by atoms with Crippen molar-refractivity contribution in [3.05, 3.63) is 77.0 Å². The fourth-order valence-electron chi connectivity index (χ4n) is 3.77. The third-order valence-corrected chi connectivity index (χ3v) is 5.75. The molecule has 5 rings (SSSR count). The highest BCUT2D eigenvalue weighted by molar-refractivity contribution is 6.31. The Labute approximate surface area is 179 Å². The minimum absolute atomic E-state index is 0.705. The zero-order valence-electron chi connectivity index (χ0n) is 15.7. The fraction of sp³-hybridized carbons (Fsp3) is 0.182. The monoisotopic (exact) mass is 423 g/mol. The predicted octanol–water partition coefficient (Wildman–Crippen LogP) is 5.03. The van der Waals surface area contributed by atoms with Crippen molar-refractivity contribution >= 4 is 40.2 Å². The molecule has 0 N–H and O–H groups in total. The van der Waals surface area contributed by atoms with E-state index in [9.17, 15) is 0 Å². The maximum Gasteiger partial charge on any atom is 0.154 e. The lowest BCUT2D eigenvalue weighted by Crippen LogP contribution is -2.47. The van der Waals surface area contributed by atoms with Crippen LogP contribution in [-0.4, -0.2) is 40.8 Å². The number of halogens is 2. The van der Waals surface area contributed by atoms with Crippen molar-refractivity contribution in [1.29, 1.82) is 0 Å². The second kappa shape index (κ2) is 7.58. The molecule has 0 bridgehead atoms. The Morgan fingerprint density at radius 3 is 2.31 bits per heavy atom. The van der Waals surface area contributed by atoms with Gasteiger partial charge in [0.15, 0.2) is 5.82 Å². The Kier molecular flexibility index (Phi) is 4.78. The summed E-state index contributed by atoms with van der Waals surface area (Å²) in [7, 11) is 0. The van der Waals surface area contributed by atoms with Gasteiger partial charge >= 0.3 is 0 Å². The number of hydrogen-bond acceptors (Lipinski definition) is 4. The van der Waals surface area contributed by atoms with E-state index < -0.39 is 0 Å². The van der Waals surface area contributed by atoms with Crippen LogP contribution >= 0.6 is 23.2 Å². The first kappa shape index (κ1) is 18.3. The molecule has 0 amide bonds. The third-order valence-electron chi connectivity index (χ3n) is 5.26. The third kappa shape index (κ3) is 3.63. The van der Waals surface area contributed by atoms with E-state index in [1.807, 2.05) is 53.3 Å². The predicted molar refractivity (Wildman–Crippen MR) is 119 cm³/mol. The van der Waals surface area contributed by atoms with E-state index in [2.05, 4.69) is 33.0 Å². The molecule has 0 aliphatic carbocycles. The first-order valence-electron chi connectivity index (χ1n) is 9.53. The molecule has 7 heteroatoms. The van der Waals surface area contributed by atoms with Crippen LogP contribution in [0.2, 0.25) is 10.0 Å². The highest BCUT2D eigenvalue weighted by Crippen LogP contribution is 2.28. The molecule has 0 saturated carbocycles. The van der Waals surface area contributed by atoms with Crippen molar-refractivity contribution in [2.45, 2.75) is 0 Å². The van der Waals surface area contributed by atoms with Crippen LogP contribution in [0.15, 0.2) is 67.0 Å². The smallest absolute Gasteiger partial charge is 0.154 e. The van der Waals surface area contributed by atoms with Crippen LogP contribution in [0.5, 0.6) is 0 Å². The number of nitrogens with zero attached hydrogens (tertiary/aromatic N) is 5. The van der Waals surface area contributed by atoms with Crippen molar-refractivity contribution in [2.24, 2.45) is 0 Å². The van der Waals surface area contributed by atoms with Crippen molar-refractivity contribution in [3.63, 3.8) is 0 Å². The van der Waals surface area contributed by atoms with E-state index >= 15 is 0 Å². The quantitative estimate of drug-likeness (QED) is 0.462. The van der Waals surface area contributed by atoms with E-state index in [4.69, 9.17) is 28.3 Å². The largest absolute Gasteiger partial charge is 0.368 e. The topological polar surface area (TPSA) is 36.7 Å². The van der Waals surface area contributed by atoms with E-state index in [1.54, 1.807) is 0 Å². The van der Waals surface area contributed by atoms with E-state index in [0.29, 0.717) is 5.02 Å². The summed E-state index contributed by atoms with van der Waals surface area (Å²) in [6.07, 6.45) is 3.69. The van der Waals surface area contributed by atoms with Gasteiger partial charge in [-0.1, -0.05) is 35.3 Å². The first-order chi connectivity index (χ1) is 14.2. The second-order valence-corrected chi connectivity index (χ2v) is 7.94. The summed E-state index contributed by atoms with van der Waals surface area (Å²) in [6.45, 7) is 3.65. The molecule has 2 aromatic carbocycles. The molecule has 3 heterocycles. The van der Waals surface area contributed by atoms with Gasteiger partial charge in [0.2, 0.25) is 0 Å². The van der Waals surface area contributed by atoms with Crippen molar-refractivity contribution in [1.82, 2.24) is 14.6 Å². The first-order valence-corrected chi connectivity index (χ1v) is 10.3. The highest BCUT2D eigenvalue weighted by atomic mass is 35.5. The van der Waals surface area contributed by atoms with Crippen LogP contribution in [0.4, 0.5) is 11.5 Å². The van der Waals surface area contributed by atoms with Crippen LogP contribution in [0.3, 0.4) is 0 Å². The van der Waals surface area contributed by atoms with E-state index in [-0.39, 0.29) is 0 Å². The minimum Gasteiger partial charge on any atom is -0.368 e. The lowest BCUT2D eigenvalue weighted by atomic mass is 10.1. The summed E-state index contributed by atoms with van der Waals surface area (Å²) < 4.78 is 1.89. The number of anilines is 2. The number of rotatable bonds is 3. The van der Waals surface area contributed by atoms with Crippen LogP contribution in [0.1, 0.15) is 0 Å². The minimum atomic E-state index is 0.705. The Morgan fingerprint density at radius 1 is 0.793 bits per heavy atom. The molecule has 4 aromatic rings. The van der Waals surface area contributed by atoms with Gasteiger partial charge < -0.3 is 9.80 Å². The highest BCUT2D eigenvalue weighted by Gasteiger charge is 2.21. The molecule has 1 saturated heterocycles. The van der Waals surface area contributed by atoms with Crippen molar-refractivity contribution < 1.29 is 0 Å². The van der Waals surface area contributed by atoms with Gasteiger partial charge in [0.05, 0.1) is 5.69 Å². The molecular formula is C22H19Cl2N5. The zero-order chi connectivity index (χ0) is 19.8. The molecule has 0 radical (unpaired) electrons. The number of aromatic nitrogens is 3. The number of piperazine rings is 1. The number of fused-ring (bicyclic) bond motifs is 1. The summed E-state index contributed by atoms with van der Waals surface area (Å²) in [5, 5.41) is 6.19. The van der Waals surface area contributed by atoms with Crippen LogP contribution < -0.4 is 9.80 Å². The zero-order valence-corrected chi connectivity index (χ0v) is 17.2. The molecule has 1 aliphatic rings. The summed E-state index contributed by atoms with van der Waals surface area (Å²) in [5.41, 5.74) is 4.09. The molecule has 0 unspecified atom stereocenters. The van der Waals surface area contributed by atoms with Crippen LogP contribution in [0.25, 0.3) is 16.8 Å². The summed E-state index contributed by atoms with van der Waals surface area (Å²) >= 11 is 12.2. The van der Waals surface area contributed by atoms with Gasteiger partial charge in [0, 0.05) is 59.9 Å². The maximum absolute atomic E-state index is 6.15. The number of hydrogen-bond donors (Lipinski definition) is 0. The summed E-state index contributed by atoms with van der Waals surface area (Å²) in [6, 6.07) is 17.9. The van der Waals surface area contributed by atoms with Gasteiger partial charge in [-0.05, 0) is 42.5 Å². The molecule has 0 atom stereocenters. The normalized spacial score (nSPS) is 14.6. The molecule has 1 aliphatic heterocycles. The second-order valence-electron chi connectivity index (χ2n) is 7.07. The Hall–Kier alpha value is -2.76. The Balaban J connectivity index is 1.40. The van der Waals surface area contributed by atoms with E-state index in [0.717, 1.165) is 53.8 Å². The van der Waals surface area contributed by atoms with Crippen molar-refractivity contribution in [2.75, 3.05) is 36.0 Å². The molecule has 5 nitrogen and oxygen atoms in total. The lowest BCUT2D eigenvalue weighted by Gasteiger charge is -2.36. The molecule has 29 heavy (non-hydrogen) atoms. The molecule has 0 spiro atoms. The SMILES string of the molecule is Clc1ccc(N2CCN(c3nccn4nc(-c5cccc(Cl)c5)cc34)CC2)cc1. The average Bonchev–Trinajstić information content (AvgIpc) is 3.19. The Bertz CT molecular complexity index is 1150. The molecule has 146 valence electrons. The number of benzene rings is 2. The van der Waals surface area contributed by atoms with Crippen molar-refractivity contribution in [3.8, 4) is 11.3 Å². The van der Waals surface area contributed by atoms with Crippen LogP contribution in [0, 0.1) is 0 Å². The molecule has 2 aromatic heterocycles. The average molecular weight is 424 g/mol. The summed E-state index contributed by atoms with van der Waals surface area (Å²) in [4.78, 5) is 9.37. The molecule has 1 fully saturated rings.